The summed E-state index contributed by atoms with van der Waals surface area (Å²) < 4.78 is 0. The van der Waals surface area contributed by atoms with Gasteiger partial charge in [0, 0.05) is 17.5 Å². The Morgan fingerprint density at radius 1 is 0.483 bits per heavy atom. The second kappa shape index (κ2) is 18.1. The van der Waals surface area contributed by atoms with Gasteiger partial charge in [-0.15, -0.1) is 0 Å². The largest absolute Gasteiger partial charge is 0.170 e. The van der Waals surface area contributed by atoms with Gasteiger partial charge in [0.05, 0.1) is 10.9 Å². The molecule has 3 aromatic carbocycles. The third kappa shape index (κ3) is 7.74. The first-order valence-corrected chi connectivity index (χ1v) is 12.1. The molecule has 29 heavy (non-hydrogen) atoms. The Morgan fingerprint density at radius 3 is 1.24 bits per heavy atom. The summed E-state index contributed by atoms with van der Waals surface area (Å²) in [4.78, 5) is 4.38. The third-order valence-electron chi connectivity index (χ3n) is 3.74. The highest BCUT2D eigenvalue weighted by Crippen LogP contribution is 2.39. The average Bonchev–Trinajstić information content (AvgIpc) is 2.83. The van der Waals surface area contributed by atoms with Gasteiger partial charge in [-0.1, -0.05) is 117 Å². The molecule has 0 aromatic heterocycles. The van der Waals surface area contributed by atoms with Gasteiger partial charge in [0.1, 0.15) is 0 Å². The summed E-state index contributed by atoms with van der Waals surface area (Å²) in [7, 11) is 0.0421. The molecule has 0 spiro atoms. The molecule has 0 saturated heterocycles. The van der Waals surface area contributed by atoms with Gasteiger partial charge in [0.15, 0.2) is 14.7 Å². The van der Waals surface area contributed by atoms with E-state index in [0.29, 0.717) is 0 Å². The van der Waals surface area contributed by atoms with Gasteiger partial charge >= 0.3 is 0 Å². The second-order valence-corrected chi connectivity index (χ2v) is 6.97. The Hall–Kier alpha value is -1.99. The van der Waals surface area contributed by atoms with E-state index in [9.17, 15) is 0 Å². The van der Waals surface area contributed by atoms with E-state index in [1.807, 2.05) is 55.4 Å². The highest BCUT2D eigenvalue weighted by molar-refractivity contribution is 7.97. The minimum absolute atomic E-state index is 0. The summed E-state index contributed by atoms with van der Waals surface area (Å²) in [6.45, 7) is 16.0. The van der Waals surface area contributed by atoms with Gasteiger partial charge in [-0.3, -0.25) is 0 Å². The predicted molar refractivity (Wildman–Crippen MR) is 136 cm³/mol. The fraction of sp³-hybridized carbons (Fsp3) is 0.357. The van der Waals surface area contributed by atoms with Gasteiger partial charge in [0.25, 0.3) is 0 Å². The van der Waals surface area contributed by atoms with Gasteiger partial charge in [-0.25, -0.2) is 0 Å². The molecule has 1 heteroatoms. The Kier molecular flexibility index (Phi) is 18.2. The standard InChI is InChI=1S/C19H15S.4C2H6.CH4/c1-2-10-17(11-3-1)20-18-12-6-4-8-15(18)14-16-9-5-7-13-19(16)20;4*1-2;/h1-13H,14H2;4*1-2H3;1H4/q+1;;;;;. The van der Waals surface area contributed by atoms with Crippen molar-refractivity contribution in [3.05, 3.63) is 90.0 Å². The van der Waals surface area contributed by atoms with Crippen LogP contribution in [0.15, 0.2) is 93.5 Å². The Bertz CT molecular complexity index is 702. The van der Waals surface area contributed by atoms with Crippen LogP contribution in [-0.2, 0) is 17.3 Å². The topological polar surface area (TPSA) is 0 Å². The van der Waals surface area contributed by atoms with E-state index in [0.717, 1.165) is 6.42 Å². The molecule has 1 heterocycles. The van der Waals surface area contributed by atoms with Crippen LogP contribution in [0.25, 0.3) is 0 Å². The molecule has 1 aliphatic rings. The number of hydrogen-bond acceptors (Lipinski definition) is 0. The third-order valence-corrected chi connectivity index (χ3v) is 6.16. The summed E-state index contributed by atoms with van der Waals surface area (Å²) in [5, 5.41) is 0. The summed E-state index contributed by atoms with van der Waals surface area (Å²) in [6.07, 6.45) is 1.06. The molecule has 0 radical (unpaired) electrons. The summed E-state index contributed by atoms with van der Waals surface area (Å²) in [5.41, 5.74) is 2.94. The maximum absolute atomic E-state index is 2.29. The first kappa shape index (κ1) is 29.2. The minimum atomic E-state index is 0. The molecule has 3 aromatic rings. The molecule has 0 unspecified atom stereocenters. The van der Waals surface area contributed by atoms with Crippen molar-refractivity contribution in [2.75, 3.05) is 0 Å². The maximum atomic E-state index is 2.29. The molecular weight excluding hydrogens is 368 g/mol. The zero-order valence-corrected chi connectivity index (χ0v) is 19.9. The van der Waals surface area contributed by atoms with Crippen molar-refractivity contribution < 1.29 is 0 Å². The first-order chi connectivity index (χ1) is 13.9. The monoisotopic (exact) mass is 411 g/mol. The van der Waals surface area contributed by atoms with Crippen LogP contribution in [0.2, 0.25) is 0 Å². The normalized spacial score (nSPS) is 10.2. The Morgan fingerprint density at radius 2 is 0.828 bits per heavy atom. The van der Waals surface area contributed by atoms with E-state index < -0.39 is 0 Å². The SMILES string of the molecule is C.CC.CC.CC.CC.c1ccc([S+]2c3ccccc3Cc3ccccc32)cc1. The number of fused-ring (bicyclic) bond motifs is 2. The number of hydrogen-bond donors (Lipinski definition) is 0. The molecule has 4 rings (SSSR count). The van der Waals surface area contributed by atoms with E-state index in [1.165, 1.54) is 25.8 Å². The van der Waals surface area contributed by atoms with Crippen molar-refractivity contribution in [3.63, 3.8) is 0 Å². The van der Waals surface area contributed by atoms with E-state index in [-0.39, 0.29) is 18.3 Å². The Balaban J connectivity index is 0. The van der Waals surface area contributed by atoms with Crippen LogP contribution < -0.4 is 0 Å². The Labute approximate surface area is 184 Å². The zero-order valence-electron chi connectivity index (χ0n) is 19.1. The van der Waals surface area contributed by atoms with Crippen molar-refractivity contribution in [3.8, 4) is 0 Å². The molecule has 0 N–H and O–H groups in total. The molecule has 0 aliphatic carbocycles. The molecular formula is C28H43S+. The number of benzene rings is 3. The minimum Gasteiger partial charge on any atom is -0.0776 e. The zero-order chi connectivity index (χ0) is 21.4. The molecule has 1 aliphatic heterocycles. The molecule has 0 bridgehead atoms. The lowest BCUT2D eigenvalue weighted by Gasteiger charge is -2.19. The summed E-state index contributed by atoms with van der Waals surface area (Å²) in [6, 6.07) is 28.6. The van der Waals surface area contributed by atoms with Crippen LogP contribution in [0.4, 0.5) is 0 Å². The van der Waals surface area contributed by atoms with Gasteiger partial charge in [0.2, 0.25) is 0 Å². The van der Waals surface area contributed by atoms with Crippen molar-refractivity contribution in [2.45, 2.75) is 83.9 Å². The fourth-order valence-corrected chi connectivity index (χ4v) is 5.24. The quantitative estimate of drug-likeness (QED) is 0.274. The van der Waals surface area contributed by atoms with Crippen LogP contribution in [0.5, 0.6) is 0 Å². The predicted octanol–water partition coefficient (Wildman–Crippen LogP) is 9.43. The van der Waals surface area contributed by atoms with Crippen LogP contribution >= 0.6 is 0 Å². The highest BCUT2D eigenvalue weighted by atomic mass is 32.2. The summed E-state index contributed by atoms with van der Waals surface area (Å²) >= 11 is 0. The summed E-state index contributed by atoms with van der Waals surface area (Å²) in [5.74, 6) is 0. The molecule has 0 nitrogen and oxygen atoms in total. The van der Waals surface area contributed by atoms with Gasteiger partial charge in [-0.05, 0) is 24.3 Å². The number of rotatable bonds is 1. The maximum Gasteiger partial charge on any atom is 0.170 e. The smallest absolute Gasteiger partial charge is 0.0776 e. The van der Waals surface area contributed by atoms with Crippen LogP contribution in [0.3, 0.4) is 0 Å². The van der Waals surface area contributed by atoms with Crippen molar-refractivity contribution in [1.29, 1.82) is 0 Å². The van der Waals surface area contributed by atoms with Crippen LogP contribution in [0, 0.1) is 0 Å². The van der Waals surface area contributed by atoms with Gasteiger partial charge < -0.3 is 0 Å². The first-order valence-electron chi connectivity index (χ1n) is 10.9. The van der Waals surface area contributed by atoms with Crippen LogP contribution in [-0.4, -0.2) is 0 Å². The van der Waals surface area contributed by atoms with E-state index >= 15 is 0 Å². The molecule has 0 saturated carbocycles. The van der Waals surface area contributed by atoms with E-state index in [2.05, 4.69) is 78.9 Å². The molecule has 0 atom stereocenters. The molecule has 0 amide bonds. The lowest BCUT2D eigenvalue weighted by molar-refractivity contribution is 1.04. The molecule has 160 valence electrons. The second-order valence-electron chi connectivity index (χ2n) is 5.01. The average molecular weight is 412 g/mol. The van der Waals surface area contributed by atoms with Crippen molar-refractivity contribution in [1.82, 2.24) is 0 Å². The van der Waals surface area contributed by atoms with Crippen LogP contribution in [0.1, 0.15) is 73.9 Å². The van der Waals surface area contributed by atoms with Crippen molar-refractivity contribution in [2.24, 2.45) is 0 Å². The lowest BCUT2D eigenvalue weighted by atomic mass is 10.0. The highest BCUT2D eigenvalue weighted by Gasteiger charge is 2.36. The van der Waals surface area contributed by atoms with E-state index in [4.69, 9.17) is 0 Å². The van der Waals surface area contributed by atoms with E-state index in [1.54, 1.807) is 0 Å². The lowest BCUT2D eigenvalue weighted by Crippen LogP contribution is -2.15. The van der Waals surface area contributed by atoms with Gasteiger partial charge in [-0.2, -0.15) is 0 Å². The fourth-order valence-electron chi connectivity index (χ4n) is 2.83. The molecule has 0 fully saturated rings. The van der Waals surface area contributed by atoms with Crippen molar-refractivity contribution >= 4 is 10.9 Å².